The summed E-state index contributed by atoms with van der Waals surface area (Å²) in [5, 5.41) is 8.52. The molecule has 0 fully saturated rings. The first-order chi connectivity index (χ1) is 8.20. The predicted octanol–water partition coefficient (Wildman–Crippen LogP) is 2.25. The summed E-state index contributed by atoms with van der Waals surface area (Å²) in [7, 11) is 0. The van der Waals surface area contributed by atoms with Crippen molar-refractivity contribution in [3.05, 3.63) is 58.1 Å². The van der Waals surface area contributed by atoms with E-state index >= 15 is 0 Å². The molecular formula is C13H9FN2O. The predicted molar refractivity (Wildman–Crippen MR) is 61.8 cm³/mol. The van der Waals surface area contributed by atoms with E-state index in [0.717, 1.165) is 5.56 Å². The van der Waals surface area contributed by atoms with Gasteiger partial charge in [0.2, 0.25) is 0 Å². The topological polar surface area (TPSA) is 56.6 Å². The van der Waals surface area contributed by atoms with Gasteiger partial charge in [-0.05, 0) is 35.9 Å². The third-order valence-corrected chi connectivity index (χ3v) is 2.42. The summed E-state index contributed by atoms with van der Waals surface area (Å²) in [5.41, 5.74) is 1.48. The number of nitrogens with zero attached hydrogens (tertiary/aromatic N) is 1. The van der Waals surface area contributed by atoms with Gasteiger partial charge in [0.25, 0.3) is 5.56 Å². The van der Waals surface area contributed by atoms with Crippen molar-refractivity contribution in [2.24, 2.45) is 0 Å². The minimum absolute atomic E-state index is 0.0824. The molecule has 0 unspecified atom stereocenters. The molecule has 4 heteroatoms. The van der Waals surface area contributed by atoms with Crippen molar-refractivity contribution in [1.29, 1.82) is 5.26 Å². The van der Waals surface area contributed by atoms with E-state index in [1.165, 1.54) is 12.1 Å². The highest BCUT2D eigenvalue weighted by atomic mass is 19.1. The number of aromatic nitrogens is 1. The molecule has 3 nitrogen and oxygen atoms in total. The van der Waals surface area contributed by atoms with Crippen molar-refractivity contribution >= 4 is 0 Å². The Hall–Kier alpha value is -2.41. The fourth-order valence-corrected chi connectivity index (χ4v) is 1.53. The first-order valence-electron chi connectivity index (χ1n) is 5.06. The highest BCUT2D eigenvalue weighted by Crippen LogP contribution is 2.15. The van der Waals surface area contributed by atoms with E-state index in [9.17, 15) is 9.18 Å². The van der Waals surface area contributed by atoms with Gasteiger partial charge in [-0.2, -0.15) is 5.26 Å². The largest absolute Gasteiger partial charge is 0.322 e. The fraction of sp³-hybridized carbons (Fsp3) is 0.0769. The molecule has 0 aliphatic heterocycles. The van der Waals surface area contributed by atoms with E-state index in [4.69, 9.17) is 5.26 Å². The molecule has 0 aliphatic carbocycles. The summed E-state index contributed by atoms with van der Waals surface area (Å²) in [4.78, 5) is 14.3. The number of nitriles is 1. The number of rotatable bonds is 2. The number of H-pyrrole nitrogens is 1. The zero-order valence-electron chi connectivity index (χ0n) is 8.90. The van der Waals surface area contributed by atoms with Crippen molar-refractivity contribution in [3.8, 4) is 17.3 Å². The molecule has 17 heavy (non-hydrogen) atoms. The maximum Gasteiger partial charge on any atom is 0.252 e. The lowest BCUT2D eigenvalue weighted by molar-refractivity contribution is 0.628. The first kappa shape index (κ1) is 11.1. The molecular weight excluding hydrogens is 219 g/mol. The molecule has 0 amide bonds. The minimum Gasteiger partial charge on any atom is -0.322 e. The maximum atomic E-state index is 12.7. The van der Waals surface area contributed by atoms with Crippen LogP contribution in [0.5, 0.6) is 0 Å². The molecule has 1 N–H and O–H groups in total. The summed E-state index contributed by atoms with van der Waals surface area (Å²) in [5.74, 6) is -0.322. The lowest BCUT2D eigenvalue weighted by Crippen LogP contribution is -2.12. The lowest BCUT2D eigenvalue weighted by Gasteiger charge is -2.02. The summed E-state index contributed by atoms with van der Waals surface area (Å²) in [6.45, 7) is 0. The summed E-state index contributed by atoms with van der Waals surface area (Å²) in [6, 6.07) is 11.1. The van der Waals surface area contributed by atoms with E-state index in [1.807, 2.05) is 6.07 Å². The zero-order chi connectivity index (χ0) is 12.3. The minimum atomic E-state index is -0.322. The molecule has 0 saturated heterocycles. The SMILES string of the molecule is N#CCc1ccc(-c2ccc(F)cc2)[nH]c1=O. The molecule has 2 rings (SSSR count). The number of aromatic amines is 1. The fourth-order valence-electron chi connectivity index (χ4n) is 1.53. The number of nitrogens with one attached hydrogen (secondary N) is 1. The number of pyridine rings is 1. The second-order valence-electron chi connectivity index (χ2n) is 3.57. The third-order valence-electron chi connectivity index (χ3n) is 2.42. The maximum absolute atomic E-state index is 12.7. The molecule has 0 saturated carbocycles. The van der Waals surface area contributed by atoms with Crippen molar-refractivity contribution < 1.29 is 4.39 Å². The Morgan fingerprint density at radius 3 is 2.47 bits per heavy atom. The second-order valence-corrected chi connectivity index (χ2v) is 3.57. The average Bonchev–Trinajstić information content (AvgIpc) is 2.33. The van der Waals surface area contributed by atoms with E-state index in [0.29, 0.717) is 11.3 Å². The average molecular weight is 228 g/mol. The third kappa shape index (κ3) is 2.40. The van der Waals surface area contributed by atoms with Crippen molar-refractivity contribution in [2.75, 3.05) is 0 Å². The van der Waals surface area contributed by atoms with Gasteiger partial charge in [-0.15, -0.1) is 0 Å². The van der Waals surface area contributed by atoms with Crippen LogP contribution in [0.3, 0.4) is 0 Å². The molecule has 1 aromatic heterocycles. The number of hydrogen-bond acceptors (Lipinski definition) is 2. The quantitative estimate of drug-likeness (QED) is 0.857. The van der Waals surface area contributed by atoms with Crippen LogP contribution < -0.4 is 5.56 Å². The number of halogens is 1. The van der Waals surface area contributed by atoms with Gasteiger partial charge in [0, 0.05) is 11.3 Å². The van der Waals surface area contributed by atoms with Crippen LogP contribution in [0.1, 0.15) is 5.56 Å². The standard InChI is InChI=1S/C13H9FN2O/c14-11-4-1-9(2-5-11)12-6-3-10(7-8-15)13(17)16-12/h1-6H,7H2,(H,16,17). The van der Waals surface area contributed by atoms with Gasteiger partial charge < -0.3 is 4.98 Å². The highest BCUT2D eigenvalue weighted by Gasteiger charge is 2.02. The second kappa shape index (κ2) is 4.62. The molecule has 84 valence electrons. The van der Waals surface area contributed by atoms with Gasteiger partial charge in [0.05, 0.1) is 12.5 Å². The Bertz CT molecular complexity index is 623. The molecule has 0 radical (unpaired) electrons. The summed E-state index contributed by atoms with van der Waals surface area (Å²) in [6.07, 6.45) is 0.0824. The van der Waals surface area contributed by atoms with Gasteiger partial charge in [-0.25, -0.2) is 4.39 Å². The van der Waals surface area contributed by atoms with E-state index in [-0.39, 0.29) is 17.8 Å². The van der Waals surface area contributed by atoms with Crippen molar-refractivity contribution in [1.82, 2.24) is 4.98 Å². The number of benzene rings is 1. The highest BCUT2D eigenvalue weighted by molar-refractivity contribution is 5.58. The van der Waals surface area contributed by atoms with Gasteiger partial charge in [-0.3, -0.25) is 4.79 Å². The monoisotopic (exact) mass is 228 g/mol. The Balaban J connectivity index is 2.42. The van der Waals surface area contributed by atoms with Crippen LogP contribution in [0.25, 0.3) is 11.3 Å². The molecule has 0 aliphatic rings. The van der Waals surface area contributed by atoms with E-state index < -0.39 is 0 Å². The van der Waals surface area contributed by atoms with Crippen molar-refractivity contribution in [3.63, 3.8) is 0 Å². The molecule has 2 aromatic rings. The van der Waals surface area contributed by atoms with Gasteiger partial charge in [0.15, 0.2) is 0 Å². The first-order valence-corrected chi connectivity index (χ1v) is 5.06. The Morgan fingerprint density at radius 2 is 1.88 bits per heavy atom. The Labute approximate surface area is 97.2 Å². The summed E-state index contributed by atoms with van der Waals surface area (Å²) < 4.78 is 12.7. The van der Waals surface area contributed by atoms with Gasteiger partial charge in [-0.1, -0.05) is 6.07 Å². The summed E-state index contributed by atoms with van der Waals surface area (Å²) >= 11 is 0. The molecule has 1 heterocycles. The Kier molecular flexibility index (Phi) is 3.01. The van der Waals surface area contributed by atoms with Gasteiger partial charge in [0.1, 0.15) is 5.82 Å². The van der Waals surface area contributed by atoms with Crippen LogP contribution in [0.15, 0.2) is 41.2 Å². The van der Waals surface area contributed by atoms with E-state index in [1.54, 1.807) is 24.3 Å². The lowest BCUT2D eigenvalue weighted by atomic mass is 10.1. The van der Waals surface area contributed by atoms with Crippen LogP contribution in [0.2, 0.25) is 0 Å². The Morgan fingerprint density at radius 1 is 1.18 bits per heavy atom. The zero-order valence-corrected chi connectivity index (χ0v) is 8.90. The molecule has 1 aromatic carbocycles. The van der Waals surface area contributed by atoms with Crippen LogP contribution in [0.4, 0.5) is 4.39 Å². The van der Waals surface area contributed by atoms with Crippen LogP contribution in [-0.2, 0) is 6.42 Å². The van der Waals surface area contributed by atoms with Crippen LogP contribution in [-0.4, -0.2) is 4.98 Å². The van der Waals surface area contributed by atoms with E-state index in [2.05, 4.69) is 4.98 Å². The molecule has 0 bridgehead atoms. The van der Waals surface area contributed by atoms with Crippen LogP contribution in [0, 0.1) is 17.1 Å². The van der Waals surface area contributed by atoms with Gasteiger partial charge >= 0.3 is 0 Å². The normalized spacial score (nSPS) is 9.88. The van der Waals surface area contributed by atoms with Crippen LogP contribution >= 0.6 is 0 Å². The smallest absolute Gasteiger partial charge is 0.252 e. The van der Waals surface area contributed by atoms with Crippen molar-refractivity contribution in [2.45, 2.75) is 6.42 Å². The molecule has 0 spiro atoms. The molecule has 0 atom stereocenters. The number of hydrogen-bond donors (Lipinski definition) is 1.